The van der Waals surface area contributed by atoms with E-state index in [1.165, 1.54) is 0 Å². The van der Waals surface area contributed by atoms with Crippen LogP contribution in [0.1, 0.15) is 15.9 Å². The van der Waals surface area contributed by atoms with Crippen molar-refractivity contribution >= 4 is 40.4 Å². The predicted octanol–water partition coefficient (Wildman–Crippen LogP) is 3.42. The Hall–Kier alpha value is -1.91. The highest BCUT2D eigenvalue weighted by molar-refractivity contribution is 7.80. The number of nitrogens with two attached hydrogens (primary N) is 1. The van der Waals surface area contributed by atoms with Crippen molar-refractivity contribution < 1.29 is 4.79 Å². The van der Waals surface area contributed by atoms with Gasteiger partial charge in [-0.2, -0.15) is 0 Å². The Kier molecular flexibility index (Phi) is 4.71. The molecule has 0 heterocycles. The fourth-order valence-electron chi connectivity index (χ4n) is 1.71. The highest BCUT2D eigenvalue weighted by atomic mass is 35.5. The van der Waals surface area contributed by atoms with Crippen molar-refractivity contribution in [2.45, 2.75) is 6.42 Å². The summed E-state index contributed by atoms with van der Waals surface area (Å²) in [5.74, 6) is -0.177. The molecule has 3 nitrogen and oxygen atoms in total. The molecule has 0 atom stereocenters. The van der Waals surface area contributed by atoms with Crippen molar-refractivity contribution in [3.05, 3.63) is 64.7 Å². The summed E-state index contributed by atoms with van der Waals surface area (Å²) in [5.41, 5.74) is 7.77. The first-order valence-electron chi connectivity index (χ1n) is 5.99. The van der Waals surface area contributed by atoms with Crippen molar-refractivity contribution in [2.75, 3.05) is 5.32 Å². The van der Waals surface area contributed by atoms with Crippen LogP contribution in [0.2, 0.25) is 5.02 Å². The molecule has 5 heteroatoms. The minimum Gasteiger partial charge on any atom is -0.393 e. The summed E-state index contributed by atoms with van der Waals surface area (Å²) in [4.78, 5) is 12.4. The van der Waals surface area contributed by atoms with Gasteiger partial charge in [0.25, 0.3) is 5.91 Å². The number of rotatable bonds is 4. The number of benzene rings is 2. The Morgan fingerprint density at radius 1 is 1.10 bits per heavy atom. The number of hydrogen-bond acceptors (Lipinski definition) is 2. The van der Waals surface area contributed by atoms with Gasteiger partial charge in [-0.05, 0) is 42.0 Å². The normalized spacial score (nSPS) is 10.1. The van der Waals surface area contributed by atoms with Crippen LogP contribution in [0.4, 0.5) is 5.69 Å². The van der Waals surface area contributed by atoms with Gasteiger partial charge < -0.3 is 11.1 Å². The standard InChI is InChI=1S/C15H13ClN2OS/c16-12-5-3-11(4-6-12)15(19)18-13-7-1-10(2-8-13)9-14(17)20/h1-8H,9H2,(H2,17,20)(H,18,19). The van der Waals surface area contributed by atoms with Gasteiger partial charge in [0.1, 0.15) is 0 Å². The van der Waals surface area contributed by atoms with Crippen LogP contribution in [-0.2, 0) is 6.42 Å². The maximum Gasteiger partial charge on any atom is 0.255 e. The van der Waals surface area contributed by atoms with E-state index in [-0.39, 0.29) is 5.91 Å². The fourth-order valence-corrected chi connectivity index (χ4v) is 2.00. The van der Waals surface area contributed by atoms with Crippen LogP contribution in [0, 0.1) is 0 Å². The molecule has 1 amide bonds. The molecule has 0 bridgehead atoms. The minimum atomic E-state index is -0.177. The highest BCUT2D eigenvalue weighted by Gasteiger charge is 2.05. The van der Waals surface area contributed by atoms with Crippen molar-refractivity contribution in [3.8, 4) is 0 Å². The predicted molar refractivity (Wildman–Crippen MR) is 86.3 cm³/mol. The number of nitrogens with one attached hydrogen (secondary N) is 1. The Bertz CT molecular complexity index is 623. The molecule has 3 N–H and O–H groups in total. The molecule has 20 heavy (non-hydrogen) atoms. The van der Waals surface area contributed by atoms with E-state index in [1.54, 1.807) is 24.3 Å². The van der Waals surface area contributed by atoms with Gasteiger partial charge in [-0.1, -0.05) is 36.0 Å². The van der Waals surface area contributed by atoms with Crippen molar-refractivity contribution in [1.29, 1.82) is 0 Å². The third kappa shape index (κ3) is 4.05. The summed E-state index contributed by atoms with van der Waals surface area (Å²) in [6.07, 6.45) is 0.556. The zero-order chi connectivity index (χ0) is 14.5. The zero-order valence-corrected chi connectivity index (χ0v) is 12.2. The number of halogens is 1. The zero-order valence-electron chi connectivity index (χ0n) is 10.6. The van der Waals surface area contributed by atoms with Gasteiger partial charge in [0.2, 0.25) is 0 Å². The SMILES string of the molecule is NC(=S)Cc1ccc(NC(=O)c2ccc(Cl)cc2)cc1. The summed E-state index contributed by atoms with van der Waals surface area (Å²) in [6, 6.07) is 14.1. The molecule has 0 aliphatic carbocycles. The molecule has 0 aromatic heterocycles. The van der Waals surface area contributed by atoms with Crippen LogP contribution >= 0.6 is 23.8 Å². The third-order valence-corrected chi connectivity index (χ3v) is 3.09. The quantitative estimate of drug-likeness (QED) is 0.851. The largest absolute Gasteiger partial charge is 0.393 e. The molecule has 0 aliphatic heterocycles. The van der Waals surface area contributed by atoms with Gasteiger partial charge in [0.15, 0.2) is 0 Å². The van der Waals surface area contributed by atoms with Gasteiger partial charge in [-0.15, -0.1) is 0 Å². The van der Waals surface area contributed by atoms with E-state index in [0.717, 1.165) is 11.3 Å². The number of carbonyl (C=O) groups is 1. The lowest BCUT2D eigenvalue weighted by molar-refractivity contribution is 0.102. The number of anilines is 1. The Balaban J connectivity index is 2.04. The van der Waals surface area contributed by atoms with Crippen molar-refractivity contribution in [1.82, 2.24) is 0 Å². The van der Waals surface area contributed by atoms with Crippen LogP contribution in [0.25, 0.3) is 0 Å². The first kappa shape index (κ1) is 14.5. The third-order valence-electron chi connectivity index (χ3n) is 2.70. The Labute approximate surface area is 127 Å². The molecule has 0 saturated heterocycles. The second kappa shape index (κ2) is 6.50. The van der Waals surface area contributed by atoms with Gasteiger partial charge >= 0.3 is 0 Å². The molecule has 2 aromatic rings. The van der Waals surface area contributed by atoms with Gasteiger partial charge in [0, 0.05) is 22.7 Å². The summed E-state index contributed by atoms with van der Waals surface area (Å²) < 4.78 is 0. The van der Waals surface area contributed by atoms with Crippen molar-refractivity contribution in [3.63, 3.8) is 0 Å². The van der Waals surface area contributed by atoms with Crippen LogP contribution in [-0.4, -0.2) is 10.9 Å². The van der Waals surface area contributed by atoms with E-state index in [2.05, 4.69) is 5.32 Å². The molecule has 0 spiro atoms. The summed E-state index contributed by atoms with van der Waals surface area (Å²) >= 11 is 10.6. The summed E-state index contributed by atoms with van der Waals surface area (Å²) in [6.45, 7) is 0. The van der Waals surface area contributed by atoms with Crippen LogP contribution < -0.4 is 11.1 Å². The maximum atomic E-state index is 12.0. The lowest BCUT2D eigenvalue weighted by Crippen LogP contribution is -2.12. The number of carbonyl (C=O) groups excluding carboxylic acids is 1. The van der Waals surface area contributed by atoms with Gasteiger partial charge in [0.05, 0.1) is 4.99 Å². The van der Waals surface area contributed by atoms with Crippen LogP contribution in [0.3, 0.4) is 0 Å². The smallest absolute Gasteiger partial charge is 0.255 e. The molecule has 0 aliphatic rings. The Morgan fingerprint density at radius 2 is 1.70 bits per heavy atom. The van der Waals surface area contributed by atoms with E-state index >= 15 is 0 Å². The molecule has 0 unspecified atom stereocenters. The molecule has 0 fully saturated rings. The fraction of sp³-hybridized carbons (Fsp3) is 0.0667. The topological polar surface area (TPSA) is 55.1 Å². The molecule has 2 aromatic carbocycles. The summed E-state index contributed by atoms with van der Waals surface area (Å²) in [7, 11) is 0. The lowest BCUT2D eigenvalue weighted by atomic mass is 10.1. The summed E-state index contributed by atoms with van der Waals surface area (Å²) in [5, 5.41) is 3.41. The molecule has 2 rings (SSSR count). The van der Waals surface area contributed by atoms with Gasteiger partial charge in [-0.25, -0.2) is 0 Å². The molecular weight excluding hydrogens is 292 g/mol. The molecule has 0 saturated carbocycles. The van der Waals surface area contributed by atoms with Crippen LogP contribution in [0.15, 0.2) is 48.5 Å². The monoisotopic (exact) mass is 304 g/mol. The average Bonchev–Trinajstić information content (AvgIpc) is 2.41. The van der Waals surface area contributed by atoms with E-state index in [0.29, 0.717) is 22.0 Å². The number of amides is 1. The van der Waals surface area contributed by atoms with E-state index < -0.39 is 0 Å². The van der Waals surface area contributed by atoms with Gasteiger partial charge in [-0.3, -0.25) is 4.79 Å². The molecule has 102 valence electrons. The van der Waals surface area contributed by atoms with E-state index in [4.69, 9.17) is 29.6 Å². The maximum absolute atomic E-state index is 12.0. The molecular formula is C15H13ClN2OS. The van der Waals surface area contributed by atoms with Crippen LogP contribution in [0.5, 0.6) is 0 Å². The number of hydrogen-bond donors (Lipinski definition) is 2. The minimum absolute atomic E-state index is 0.177. The second-order valence-corrected chi connectivity index (χ2v) is 5.26. The van der Waals surface area contributed by atoms with E-state index in [1.807, 2.05) is 24.3 Å². The molecule has 0 radical (unpaired) electrons. The Morgan fingerprint density at radius 3 is 2.25 bits per heavy atom. The first-order valence-corrected chi connectivity index (χ1v) is 6.77. The lowest BCUT2D eigenvalue weighted by Gasteiger charge is -2.06. The number of thiocarbonyl (C=S) groups is 1. The second-order valence-electron chi connectivity index (χ2n) is 4.30. The highest BCUT2D eigenvalue weighted by Crippen LogP contribution is 2.14. The first-order chi connectivity index (χ1) is 9.54. The average molecular weight is 305 g/mol. The van der Waals surface area contributed by atoms with E-state index in [9.17, 15) is 4.79 Å². The van der Waals surface area contributed by atoms with Crippen molar-refractivity contribution in [2.24, 2.45) is 5.73 Å².